The summed E-state index contributed by atoms with van der Waals surface area (Å²) in [4.78, 5) is 20.3. The van der Waals surface area contributed by atoms with Crippen molar-refractivity contribution in [2.45, 2.75) is 17.6 Å². The zero-order valence-corrected chi connectivity index (χ0v) is 11.3. The molecular formula is C13H14N4OS. The molecule has 5 nitrogen and oxygen atoms in total. The van der Waals surface area contributed by atoms with Gasteiger partial charge in [0.2, 0.25) is 0 Å². The molecular weight excluding hydrogens is 260 g/mol. The molecule has 4 N–H and O–H groups in total. The molecule has 0 aliphatic carbocycles. The first-order valence-electron chi connectivity index (χ1n) is 5.67. The van der Waals surface area contributed by atoms with Crippen LogP contribution in [0.2, 0.25) is 0 Å². The highest BCUT2D eigenvalue weighted by Crippen LogP contribution is 2.22. The van der Waals surface area contributed by atoms with Crippen molar-refractivity contribution in [3.8, 4) is 0 Å². The van der Waals surface area contributed by atoms with Gasteiger partial charge in [0.1, 0.15) is 11.6 Å². The predicted molar refractivity (Wildman–Crippen MR) is 75.7 cm³/mol. The number of aromatic nitrogens is 2. The van der Waals surface area contributed by atoms with Crippen LogP contribution in [0.25, 0.3) is 0 Å². The number of rotatable bonds is 4. The SMILES string of the molecule is Cc1cccc(SCc2ncc(C(N)=O)c(N)n2)c1. The van der Waals surface area contributed by atoms with E-state index >= 15 is 0 Å². The second kappa shape index (κ2) is 5.71. The second-order valence-corrected chi connectivity index (χ2v) is 5.10. The van der Waals surface area contributed by atoms with E-state index in [2.05, 4.69) is 16.0 Å². The van der Waals surface area contributed by atoms with E-state index in [1.807, 2.05) is 25.1 Å². The van der Waals surface area contributed by atoms with Crippen LogP contribution in [0.15, 0.2) is 35.4 Å². The van der Waals surface area contributed by atoms with Crippen LogP contribution in [0.4, 0.5) is 5.82 Å². The van der Waals surface area contributed by atoms with Gasteiger partial charge < -0.3 is 11.5 Å². The standard InChI is InChI=1S/C13H14N4OS/c1-8-3-2-4-9(5-8)19-7-11-16-6-10(13(15)18)12(14)17-11/h2-6H,7H2,1H3,(H2,15,18)(H2,14,16,17). The lowest BCUT2D eigenvalue weighted by Crippen LogP contribution is -2.15. The summed E-state index contributed by atoms with van der Waals surface area (Å²) in [5, 5.41) is 0. The van der Waals surface area contributed by atoms with Gasteiger partial charge in [0, 0.05) is 11.1 Å². The third-order valence-electron chi connectivity index (χ3n) is 2.49. The molecule has 0 spiro atoms. The Labute approximate surface area is 115 Å². The molecule has 0 aliphatic heterocycles. The first kappa shape index (κ1) is 13.4. The van der Waals surface area contributed by atoms with E-state index in [1.54, 1.807) is 11.8 Å². The minimum absolute atomic E-state index is 0.127. The molecule has 0 saturated carbocycles. The van der Waals surface area contributed by atoms with Gasteiger partial charge in [0.25, 0.3) is 5.91 Å². The Morgan fingerprint density at radius 1 is 1.42 bits per heavy atom. The van der Waals surface area contributed by atoms with Crippen molar-refractivity contribution in [2.24, 2.45) is 5.73 Å². The van der Waals surface area contributed by atoms with Crippen LogP contribution >= 0.6 is 11.8 Å². The van der Waals surface area contributed by atoms with Crippen molar-refractivity contribution in [1.82, 2.24) is 9.97 Å². The van der Waals surface area contributed by atoms with E-state index in [4.69, 9.17) is 11.5 Å². The minimum atomic E-state index is -0.615. The molecule has 0 aliphatic rings. The Morgan fingerprint density at radius 2 is 2.21 bits per heavy atom. The molecule has 0 fully saturated rings. The Hall–Kier alpha value is -2.08. The van der Waals surface area contributed by atoms with Crippen LogP contribution in [0.5, 0.6) is 0 Å². The Balaban J connectivity index is 2.08. The highest BCUT2D eigenvalue weighted by molar-refractivity contribution is 7.98. The molecule has 98 valence electrons. The minimum Gasteiger partial charge on any atom is -0.383 e. The molecule has 0 saturated heterocycles. The van der Waals surface area contributed by atoms with Gasteiger partial charge in [0.05, 0.1) is 11.3 Å². The number of aryl methyl sites for hydroxylation is 1. The van der Waals surface area contributed by atoms with Gasteiger partial charge in [-0.2, -0.15) is 0 Å². The van der Waals surface area contributed by atoms with Gasteiger partial charge in [-0.15, -0.1) is 11.8 Å². The van der Waals surface area contributed by atoms with Crippen molar-refractivity contribution in [3.63, 3.8) is 0 Å². The maximum Gasteiger partial charge on any atom is 0.254 e. The number of nitrogen functional groups attached to an aromatic ring is 1. The smallest absolute Gasteiger partial charge is 0.254 e. The molecule has 6 heteroatoms. The van der Waals surface area contributed by atoms with Crippen LogP contribution < -0.4 is 11.5 Å². The Kier molecular flexibility index (Phi) is 4.01. The van der Waals surface area contributed by atoms with Crippen LogP contribution in [0.1, 0.15) is 21.7 Å². The van der Waals surface area contributed by atoms with Gasteiger partial charge in [-0.25, -0.2) is 9.97 Å². The summed E-state index contributed by atoms with van der Waals surface area (Å²) in [6, 6.07) is 8.16. The van der Waals surface area contributed by atoms with Crippen LogP contribution in [0, 0.1) is 6.92 Å². The van der Waals surface area contributed by atoms with Gasteiger partial charge >= 0.3 is 0 Å². The lowest BCUT2D eigenvalue weighted by Gasteiger charge is -2.04. The quantitative estimate of drug-likeness (QED) is 0.828. The summed E-state index contributed by atoms with van der Waals surface area (Å²) in [5.41, 5.74) is 12.2. The van der Waals surface area contributed by atoms with Crippen molar-refractivity contribution < 1.29 is 4.79 Å². The number of anilines is 1. The molecule has 1 heterocycles. The zero-order valence-electron chi connectivity index (χ0n) is 10.5. The number of carbonyl (C=O) groups excluding carboxylic acids is 1. The molecule has 1 aromatic carbocycles. The average Bonchev–Trinajstić information content (AvgIpc) is 2.36. The Bertz CT molecular complexity index is 615. The molecule has 1 amide bonds. The Morgan fingerprint density at radius 3 is 2.84 bits per heavy atom. The number of nitrogens with zero attached hydrogens (tertiary/aromatic N) is 2. The lowest BCUT2D eigenvalue weighted by molar-refractivity contribution is 0.100. The van der Waals surface area contributed by atoms with Gasteiger partial charge in [0.15, 0.2) is 0 Å². The fourth-order valence-corrected chi connectivity index (χ4v) is 2.42. The molecule has 1 aromatic heterocycles. The van der Waals surface area contributed by atoms with Gasteiger partial charge in [-0.1, -0.05) is 17.7 Å². The van der Waals surface area contributed by atoms with Crippen molar-refractivity contribution >= 4 is 23.5 Å². The van der Waals surface area contributed by atoms with E-state index in [-0.39, 0.29) is 11.4 Å². The lowest BCUT2D eigenvalue weighted by atomic mass is 10.2. The van der Waals surface area contributed by atoms with Crippen LogP contribution in [0.3, 0.4) is 0 Å². The number of amides is 1. The second-order valence-electron chi connectivity index (χ2n) is 4.05. The summed E-state index contributed by atoms with van der Waals surface area (Å²) in [6.45, 7) is 2.04. The van der Waals surface area contributed by atoms with Gasteiger partial charge in [-0.3, -0.25) is 4.79 Å². The number of hydrogen-bond donors (Lipinski definition) is 2. The zero-order chi connectivity index (χ0) is 13.8. The number of primary amides is 1. The monoisotopic (exact) mass is 274 g/mol. The third kappa shape index (κ3) is 3.45. The van der Waals surface area contributed by atoms with E-state index in [0.717, 1.165) is 4.90 Å². The maximum absolute atomic E-state index is 11.0. The first-order valence-corrected chi connectivity index (χ1v) is 6.65. The third-order valence-corrected chi connectivity index (χ3v) is 3.48. The number of thioether (sulfide) groups is 1. The fourth-order valence-electron chi connectivity index (χ4n) is 1.55. The number of carbonyl (C=O) groups is 1. The van der Waals surface area contributed by atoms with Gasteiger partial charge in [-0.05, 0) is 19.1 Å². The molecule has 0 radical (unpaired) electrons. The van der Waals surface area contributed by atoms with E-state index in [9.17, 15) is 4.79 Å². The molecule has 2 rings (SSSR count). The summed E-state index contributed by atoms with van der Waals surface area (Å²) in [5.74, 6) is 0.680. The summed E-state index contributed by atoms with van der Waals surface area (Å²) >= 11 is 1.61. The highest BCUT2D eigenvalue weighted by Gasteiger charge is 2.09. The largest absolute Gasteiger partial charge is 0.383 e. The molecule has 0 bridgehead atoms. The molecule has 0 atom stereocenters. The van der Waals surface area contributed by atoms with E-state index in [0.29, 0.717) is 11.6 Å². The van der Waals surface area contributed by atoms with Crippen LogP contribution in [-0.4, -0.2) is 15.9 Å². The van der Waals surface area contributed by atoms with E-state index in [1.165, 1.54) is 11.8 Å². The first-order chi connectivity index (χ1) is 9.06. The number of hydrogen-bond acceptors (Lipinski definition) is 5. The van der Waals surface area contributed by atoms with E-state index < -0.39 is 5.91 Å². The predicted octanol–water partition coefficient (Wildman–Crippen LogP) is 1.76. The van der Waals surface area contributed by atoms with Crippen molar-refractivity contribution in [3.05, 3.63) is 47.4 Å². The number of nitrogens with two attached hydrogens (primary N) is 2. The molecule has 19 heavy (non-hydrogen) atoms. The topological polar surface area (TPSA) is 94.9 Å². The normalized spacial score (nSPS) is 10.4. The summed E-state index contributed by atoms with van der Waals surface area (Å²) in [6.07, 6.45) is 1.37. The molecule has 0 unspecified atom stereocenters. The maximum atomic E-state index is 11.0. The average molecular weight is 274 g/mol. The highest BCUT2D eigenvalue weighted by atomic mass is 32.2. The van der Waals surface area contributed by atoms with Crippen molar-refractivity contribution in [1.29, 1.82) is 0 Å². The van der Waals surface area contributed by atoms with Crippen molar-refractivity contribution in [2.75, 3.05) is 5.73 Å². The summed E-state index contributed by atoms with van der Waals surface area (Å²) in [7, 11) is 0. The fraction of sp³-hybridized carbons (Fsp3) is 0.154. The number of benzene rings is 1. The van der Waals surface area contributed by atoms with Crippen LogP contribution in [-0.2, 0) is 5.75 Å². The molecule has 2 aromatic rings. The summed E-state index contributed by atoms with van der Waals surface area (Å²) < 4.78 is 0.